The summed E-state index contributed by atoms with van der Waals surface area (Å²) < 4.78 is 11.2. The highest BCUT2D eigenvalue weighted by Crippen LogP contribution is 2.37. The first-order chi connectivity index (χ1) is 10.6. The minimum atomic E-state index is -1.82. The van der Waals surface area contributed by atoms with Crippen LogP contribution in [0.2, 0.25) is 18.1 Å². The predicted octanol–water partition coefficient (Wildman–Crippen LogP) is 4.78. The molecule has 23 heavy (non-hydrogen) atoms. The number of aryl methyl sites for hydroxylation is 1. The van der Waals surface area contributed by atoms with Crippen molar-refractivity contribution in [2.24, 2.45) is 0 Å². The van der Waals surface area contributed by atoms with Crippen LogP contribution in [0.15, 0.2) is 18.2 Å². The fraction of sp³-hybridized carbons (Fsp3) is 0.500. The van der Waals surface area contributed by atoms with E-state index in [1.807, 2.05) is 19.1 Å². The van der Waals surface area contributed by atoms with Crippen LogP contribution in [-0.2, 0) is 15.8 Å². The number of rotatable bonds is 4. The van der Waals surface area contributed by atoms with E-state index in [2.05, 4.69) is 44.9 Å². The van der Waals surface area contributed by atoms with Gasteiger partial charge in [0, 0.05) is 10.9 Å². The van der Waals surface area contributed by atoms with Gasteiger partial charge >= 0.3 is 5.97 Å². The summed E-state index contributed by atoms with van der Waals surface area (Å²) in [5.41, 5.74) is 3.49. The molecule has 0 unspecified atom stereocenters. The Bertz CT molecular complexity index is 726. The zero-order chi connectivity index (χ0) is 17.4. The van der Waals surface area contributed by atoms with Gasteiger partial charge in [-0.15, -0.1) is 0 Å². The number of carbonyl (C=O) groups is 1. The van der Waals surface area contributed by atoms with Gasteiger partial charge in [0.25, 0.3) is 0 Å². The average Bonchev–Trinajstić information content (AvgIpc) is 2.81. The smallest absolute Gasteiger partial charge is 0.354 e. The van der Waals surface area contributed by atoms with Crippen molar-refractivity contribution in [3.63, 3.8) is 0 Å². The van der Waals surface area contributed by atoms with Gasteiger partial charge in [0.05, 0.1) is 13.7 Å². The van der Waals surface area contributed by atoms with Crippen LogP contribution in [0, 0.1) is 6.92 Å². The van der Waals surface area contributed by atoms with E-state index in [0.717, 1.165) is 22.0 Å². The van der Waals surface area contributed by atoms with E-state index in [-0.39, 0.29) is 11.0 Å². The second kappa shape index (κ2) is 6.13. The molecule has 2 rings (SSSR count). The Balaban J connectivity index is 2.39. The molecule has 126 valence electrons. The molecule has 0 radical (unpaired) electrons. The molecule has 0 amide bonds. The molecule has 1 aromatic carbocycles. The number of aromatic nitrogens is 1. The monoisotopic (exact) mass is 333 g/mol. The van der Waals surface area contributed by atoms with Crippen molar-refractivity contribution in [1.29, 1.82) is 0 Å². The number of hydrogen-bond donors (Lipinski definition) is 1. The van der Waals surface area contributed by atoms with Gasteiger partial charge in [0.15, 0.2) is 8.32 Å². The van der Waals surface area contributed by atoms with Crippen LogP contribution in [0.5, 0.6) is 0 Å². The molecule has 0 aliphatic heterocycles. The third-order valence-corrected chi connectivity index (χ3v) is 9.42. The van der Waals surface area contributed by atoms with Gasteiger partial charge in [-0.1, -0.05) is 32.9 Å². The summed E-state index contributed by atoms with van der Waals surface area (Å²) in [7, 11) is -0.419. The van der Waals surface area contributed by atoms with E-state index in [1.54, 1.807) is 0 Å². The van der Waals surface area contributed by atoms with Gasteiger partial charge < -0.3 is 14.1 Å². The number of fused-ring (bicyclic) bond motifs is 1. The predicted molar refractivity (Wildman–Crippen MR) is 96.4 cm³/mol. The fourth-order valence-electron chi connectivity index (χ4n) is 2.40. The van der Waals surface area contributed by atoms with E-state index in [1.165, 1.54) is 7.11 Å². The molecule has 0 aliphatic rings. The standard InChI is InChI=1S/C18H27NO3Si/c1-12-15-13(11-22-23(6,7)18(2,3)4)9-8-10-14(15)19-16(12)17(20)21-5/h8-10,19H,11H2,1-7H3. The molecule has 4 nitrogen and oxygen atoms in total. The van der Waals surface area contributed by atoms with Crippen molar-refractivity contribution >= 4 is 25.2 Å². The number of carbonyl (C=O) groups excluding carboxylic acids is 1. The molecule has 1 heterocycles. The molecule has 0 bridgehead atoms. The Morgan fingerprint density at radius 3 is 2.48 bits per heavy atom. The molecule has 1 aromatic heterocycles. The van der Waals surface area contributed by atoms with Gasteiger partial charge in [-0.25, -0.2) is 4.79 Å². The number of benzene rings is 1. The number of H-pyrrole nitrogens is 1. The van der Waals surface area contributed by atoms with E-state index in [4.69, 9.17) is 9.16 Å². The molecule has 1 N–H and O–H groups in total. The highest BCUT2D eigenvalue weighted by Gasteiger charge is 2.37. The van der Waals surface area contributed by atoms with Crippen molar-refractivity contribution in [3.8, 4) is 0 Å². The number of esters is 1. The number of ether oxygens (including phenoxy) is 1. The first-order valence-corrected chi connectivity index (χ1v) is 10.8. The number of methoxy groups -OCH3 is 1. The van der Waals surface area contributed by atoms with Crippen LogP contribution in [0.3, 0.4) is 0 Å². The Kier molecular flexibility index (Phi) is 4.73. The molecule has 0 aliphatic carbocycles. The van der Waals surface area contributed by atoms with Gasteiger partial charge in [0.2, 0.25) is 0 Å². The minimum Gasteiger partial charge on any atom is -0.464 e. The second-order valence-corrected chi connectivity index (χ2v) is 12.3. The minimum absolute atomic E-state index is 0.172. The van der Waals surface area contributed by atoms with E-state index >= 15 is 0 Å². The van der Waals surface area contributed by atoms with E-state index < -0.39 is 8.32 Å². The fourth-order valence-corrected chi connectivity index (χ4v) is 3.35. The van der Waals surface area contributed by atoms with Crippen molar-refractivity contribution < 1.29 is 14.0 Å². The molecular weight excluding hydrogens is 306 g/mol. The summed E-state index contributed by atoms with van der Waals surface area (Å²) >= 11 is 0. The van der Waals surface area contributed by atoms with Crippen molar-refractivity contribution in [1.82, 2.24) is 4.98 Å². The van der Waals surface area contributed by atoms with Gasteiger partial charge in [0.1, 0.15) is 5.69 Å². The van der Waals surface area contributed by atoms with Crippen LogP contribution >= 0.6 is 0 Å². The van der Waals surface area contributed by atoms with Gasteiger partial charge in [-0.05, 0) is 42.2 Å². The lowest BCUT2D eigenvalue weighted by Gasteiger charge is -2.36. The Hall–Kier alpha value is -1.59. The SMILES string of the molecule is COC(=O)c1[nH]c2cccc(CO[Si](C)(C)C(C)(C)C)c2c1C. The lowest BCUT2D eigenvalue weighted by Crippen LogP contribution is -2.40. The molecule has 0 spiro atoms. The summed E-state index contributed by atoms with van der Waals surface area (Å²) in [5.74, 6) is -0.338. The Morgan fingerprint density at radius 1 is 1.26 bits per heavy atom. The molecule has 2 aromatic rings. The van der Waals surface area contributed by atoms with E-state index in [0.29, 0.717) is 12.3 Å². The third kappa shape index (κ3) is 3.35. The number of aromatic amines is 1. The maximum atomic E-state index is 11.9. The average molecular weight is 334 g/mol. The quantitative estimate of drug-likeness (QED) is 0.647. The highest BCUT2D eigenvalue weighted by molar-refractivity contribution is 6.74. The van der Waals surface area contributed by atoms with Crippen LogP contribution in [0.4, 0.5) is 0 Å². The second-order valence-electron chi connectivity index (χ2n) is 7.51. The maximum Gasteiger partial charge on any atom is 0.354 e. The third-order valence-electron chi connectivity index (χ3n) is 4.94. The molecule has 0 saturated heterocycles. The molecule has 0 fully saturated rings. The maximum absolute atomic E-state index is 11.9. The lowest BCUT2D eigenvalue weighted by atomic mass is 10.1. The Morgan fingerprint density at radius 2 is 1.91 bits per heavy atom. The largest absolute Gasteiger partial charge is 0.464 e. The lowest BCUT2D eigenvalue weighted by molar-refractivity contribution is 0.0594. The first-order valence-electron chi connectivity index (χ1n) is 7.91. The van der Waals surface area contributed by atoms with Crippen molar-refractivity contribution in [2.45, 2.75) is 52.4 Å². The zero-order valence-electron chi connectivity index (χ0n) is 15.2. The normalized spacial score (nSPS) is 12.7. The molecule has 5 heteroatoms. The van der Waals surface area contributed by atoms with Crippen LogP contribution in [-0.4, -0.2) is 26.4 Å². The van der Waals surface area contributed by atoms with Crippen LogP contribution in [0.1, 0.15) is 42.4 Å². The zero-order valence-corrected chi connectivity index (χ0v) is 16.2. The van der Waals surface area contributed by atoms with Crippen molar-refractivity contribution in [2.75, 3.05) is 7.11 Å². The molecular formula is C18H27NO3Si. The van der Waals surface area contributed by atoms with Crippen LogP contribution < -0.4 is 0 Å². The molecule has 0 saturated carbocycles. The summed E-state index contributed by atoms with van der Waals surface area (Å²) in [4.78, 5) is 15.0. The molecule has 0 atom stereocenters. The Labute approximate surface area is 139 Å². The number of nitrogens with one attached hydrogen (secondary N) is 1. The summed E-state index contributed by atoms with van der Waals surface area (Å²) in [6, 6.07) is 6.03. The summed E-state index contributed by atoms with van der Waals surface area (Å²) in [6.07, 6.45) is 0. The van der Waals surface area contributed by atoms with Crippen molar-refractivity contribution in [3.05, 3.63) is 35.0 Å². The number of hydrogen-bond acceptors (Lipinski definition) is 3. The van der Waals surface area contributed by atoms with Gasteiger partial charge in [-0.3, -0.25) is 0 Å². The van der Waals surface area contributed by atoms with Gasteiger partial charge in [-0.2, -0.15) is 0 Å². The van der Waals surface area contributed by atoms with Crippen LogP contribution in [0.25, 0.3) is 10.9 Å². The summed E-state index contributed by atoms with van der Waals surface area (Å²) in [6.45, 7) is 13.7. The highest BCUT2D eigenvalue weighted by atomic mass is 28.4. The topological polar surface area (TPSA) is 51.3 Å². The first kappa shape index (κ1) is 17.8. The summed E-state index contributed by atoms with van der Waals surface area (Å²) in [5, 5.41) is 1.23. The van der Waals surface area contributed by atoms with E-state index in [9.17, 15) is 4.79 Å².